The second-order valence-electron chi connectivity index (χ2n) is 5.96. The molecule has 2 heterocycles. The van der Waals surface area contributed by atoms with E-state index in [1.807, 2.05) is 6.07 Å². The van der Waals surface area contributed by atoms with Crippen LogP contribution < -0.4 is 4.74 Å². The average molecular weight is 410 g/mol. The maximum Gasteiger partial charge on any atom is 0.196 e. The van der Waals surface area contributed by atoms with Crippen molar-refractivity contribution in [1.82, 2.24) is 19.7 Å². The van der Waals surface area contributed by atoms with Crippen molar-refractivity contribution >= 4 is 11.8 Å². The number of thioether (sulfide) groups is 1. The Morgan fingerprint density at radius 3 is 2.45 bits per heavy atom. The number of nitrogens with zero attached hydrogens (tertiary/aromatic N) is 4. The van der Waals surface area contributed by atoms with Crippen LogP contribution in [0.1, 0.15) is 0 Å². The first-order chi connectivity index (χ1) is 14.2. The molecule has 0 aliphatic carbocycles. The number of aromatic nitrogens is 4. The molecule has 0 amide bonds. The highest BCUT2D eigenvalue weighted by Gasteiger charge is 2.18. The van der Waals surface area contributed by atoms with E-state index in [9.17, 15) is 8.78 Å². The highest BCUT2D eigenvalue weighted by Crippen LogP contribution is 2.29. The molecule has 4 aromatic rings. The number of para-hydroxylation sites is 2. The summed E-state index contributed by atoms with van der Waals surface area (Å²) in [5.41, 5.74) is 1.06. The monoisotopic (exact) mass is 410 g/mol. The minimum absolute atomic E-state index is 0.194. The molecule has 0 saturated carbocycles. The molecule has 0 saturated heterocycles. The number of ether oxygens (including phenoxy) is 1. The molecule has 0 atom stereocenters. The van der Waals surface area contributed by atoms with E-state index < -0.39 is 5.82 Å². The van der Waals surface area contributed by atoms with Gasteiger partial charge in [-0.05, 0) is 36.4 Å². The van der Waals surface area contributed by atoms with Crippen LogP contribution in [0.15, 0.2) is 78.2 Å². The third-order valence-electron chi connectivity index (χ3n) is 4.06. The summed E-state index contributed by atoms with van der Waals surface area (Å²) in [6.45, 7) is 0.262. The summed E-state index contributed by atoms with van der Waals surface area (Å²) in [7, 11) is 0. The molecule has 0 aliphatic rings. The average Bonchev–Trinajstić information content (AvgIpc) is 3.17. The zero-order chi connectivity index (χ0) is 20.1. The highest BCUT2D eigenvalue weighted by molar-refractivity contribution is 7.99. The summed E-state index contributed by atoms with van der Waals surface area (Å²) in [4.78, 5) is 4.11. The van der Waals surface area contributed by atoms with Crippen molar-refractivity contribution in [2.24, 2.45) is 0 Å². The fourth-order valence-electron chi connectivity index (χ4n) is 2.74. The van der Waals surface area contributed by atoms with Crippen LogP contribution in [0.5, 0.6) is 5.75 Å². The van der Waals surface area contributed by atoms with Crippen molar-refractivity contribution in [3.8, 4) is 22.8 Å². The van der Waals surface area contributed by atoms with E-state index in [0.717, 1.165) is 5.56 Å². The van der Waals surface area contributed by atoms with Crippen LogP contribution in [-0.2, 0) is 0 Å². The minimum Gasteiger partial charge on any atom is -0.490 e. The smallest absolute Gasteiger partial charge is 0.196 e. The predicted molar refractivity (Wildman–Crippen MR) is 107 cm³/mol. The van der Waals surface area contributed by atoms with Gasteiger partial charge in [0.1, 0.15) is 5.82 Å². The van der Waals surface area contributed by atoms with E-state index in [4.69, 9.17) is 4.74 Å². The van der Waals surface area contributed by atoms with Crippen LogP contribution in [0.4, 0.5) is 8.78 Å². The van der Waals surface area contributed by atoms with Gasteiger partial charge in [0.2, 0.25) is 0 Å². The van der Waals surface area contributed by atoms with Crippen molar-refractivity contribution in [3.63, 3.8) is 0 Å². The minimum atomic E-state index is -0.411. The van der Waals surface area contributed by atoms with E-state index in [1.54, 1.807) is 59.4 Å². The molecule has 0 spiro atoms. The maximum absolute atomic E-state index is 14.5. The summed E-state index contributed by atoms with van der Waals surface area (Å²) < 4.78 is 35.3. The number of halogens is 2. The number of pyridine rings is 1. The Kier molecular flexibility index (Phi) is 5.81. The largest absolute Gasteiger partial charge is 0.490 e. The Balaban J connectivity index is 1.58. The van der Waals surface area contributed by atoms with Crippen LogP contribution in [0.2, 0.25) is 0 Å². The van der Waals surface area contributed by atoms with Gasteiger partial charge in [-0.2, -0.15) is 0 Å². The van der Waals surface area contributed by atoms with Crippen LogP contribution in [0.25, 0.3) is 17.1 Å². The number of hydrogen-bond donors (Lipinski definition) is 0. The summed E-state index contributed by atoms with van der Waals surface area (Å²) in [5.74, 6) is 0.363. The molecule has 0 radical (unpaired) electrons. The lowest BCUT2D eigenvalue weighted by molar-refractivity contribution is 0.325. The number of rotatable bonds is 7. The van der Waals surface area contributed by atoms with E-state index >= 15 is 0 Å². The van der Waals surface area contributed by atoms with Crippen molar-refractivity contribution in [1.29, 1.82) is 0 Å². The second kappa shape index (κ2) is 8.83. The third-order valence-corrected chi connectivity index (χ3v) is 4.95. The molecule has 146 valence electrons. The van der Waals surface area contributed by atoms with Crippen LogP contribution in [0.3, 0.4) is 0 Å². The first-order valence-corrected chi connectivity index (χ1v) is 9.83. The van der Waals surface area contributed by atoms with Crippen molar-refractivity contribution in [2.75, 3.05) is 12.4 Å². The first-order valence-electron chi connectivity index (χ1n) is 8.85. The maximum atomic E-state index is 14.5. The van der Waals surface area contributed by atoms with Gasteiger partial charge in [0, 0.05) is 23.7 Å². The van der Waals surface area contributed by atoms with Gasteiger partial charge >= 0.3 is 0 Å². The Bertz CT molecular complexity index is 1100. The van der Waals surface area contributed by atoms with Crippen LogP contribution >= 0.6 is 11.8 Å². The molecule has 2 aromatic carbocycles. The van der Waals surface area contributed by atoms with Crippen molar-refractivity contribution in [3.05, 3.63) is 84.7 Å². The fourth-order valence-corrected chi connectivity index (χ4v) is 3.50. The first kappa shape index (κ1) is 19.1. The van der Waals surface area contributed by atoms with Crippen molar-refractivity contribution in [2.45, 2.75) is 5.16 Å². The van der Waals surface area contributed by atoms with Gasteiger partial charge in [-0.25, -0.2) is 8.78 Å². The molecule has 0 unspecified atom stereocenters. The van der Waals surface area contributed by atoms with Gasteiger partial charge in [0.05, 0.1) is 12.3 Å². The summed E-state index contributed by atoms with van der Waals surface area (Å²) >= 11 is 1.35. The number of hydrogen-bond acceptors (Lipinski definition) is 5. The molecule has 0 aliphatic heterocycles. The fraction of sp³-hybridized carbons (Fsp3) is 0.0952. The molecule has 0 N–H and O–H groups in total. The molecule has 8 heteroatoms. The Morgan fingerprint density at radius 1 is 0.897 bits per heavy atom. The summed E-state index contributed by atoms with van der Waals surface area (Å²) in [5, 5.41) is 8.97. The lowest BCUT2D eigenvalue weighted by Gasteiger charge is -2.11. The summed E-state index contributed by atoms with van der Waals surface area (Å²) in [6, 6.07) is 16.3. The molecule has 5 nitrogen and oxygen atoms in total. The standard InChI is InChI=1S/C21H16F2N4OS/c22-16-7-1-3-9-18(16)27-20(15-6-5-11-24-14-15)25-26-21(27)29-13-12-28-19-10-4-2-8-17(19)23/h1-11,14H,12-13H2. The normalized spacial score (nSPS) is 10.8. The van der Waals surface area contributed by atoms with Gasteiger partial charge in [-0.1, -0.05) is 36.0 Å². The molecular formula is C21H16F2N4OS. The zero-order valence-corrected chi connectivity index (χ0v) is 16.0. The van der Waals surface area contributed by atoms with Gasteiger partial charge in [-0.15, -0.1) is 10.2 Å². The SMILES string of the molecule is Fc1ccccc1OCCSc1nnc(-c2cccnc2)n1-c1ccccc1F. The Morgan fingerprint density at radius 2 is 1.69 bits per heavy atom. The van der Waals surface area contributed by atoms with Gasteiger partial charge < -0.3 is 4.74 Å². The van der Waals surface area contributed by atoms with Crippen molar-refractivity contribution < 1.29 is 13.5 Å². The third kappa shape index (κ3) is 4.27. The lowest BCUT2D eigenvalue weighted by atomic mass is 10.2. The van der Waals surface area contributed by atoms with Gasteiger partial charge in [-0.3, -0.25) is 9.55 Å². The van der Waals surface area contributed by atoms with E-state index in [0.29, 0.717) is 22.4 Å². The number of benzene rings is 2. The Labute approximate surface area is 170 Å². The molecule has 4 rings (SSSR count). The van der Waals surface area contributed by atoms with E-state index in [1.165, 1.54) is 23.9 Å². The second-order valence-corrected chi connectivity index (χ2v) is 7.02. The zero-order valence-electron chi connectivity index (χ0n) is 15.2. The van der Waals surface area contributed by atoms with Crippen LogP contribution in [-0.4, -0.2) is 32.1 Å². The molecule has 0 bridgehead atoms. The molecule has 0 fully saturated rings. The predicted octanol–water partition coefficient (Wildman–Crippen LogP) is 4.78. The van der Waals surface area contributed by atoms with Gasteiger partial charge in [0.15, 0.2) is 22.5 Å². The Hall–Kier alpha value is -3.26. The quantitative estimate of drug-likeness (QED) is 0.324. The van der Waals surface area contributed by atoms with Gasteiger partial charge in [0.25, 0.3) is 0 Å². The van der Waals surface area contributed by atoms with E-state index in [-0.39, 0.29) is 18.2 Å². The highest BCUT2D eigenvalue weighted by atomic mass is 32.2. The molecule has 2 aromatic heterocycles. The topological polar surface area (TPSA) is 52.8 Å². The van der Waals surface area contributed by atoms with Crippen LogP contribution in [0, 0.1) is 11.6 Å². The summed E-state index contributed by atoms with van der Waals surface area (Å²) in [6.07, 6.45) is 3.31. The van der Waals surface area contributed by atoms with E-state index in [2.05, 4.69) is 15.2 Å². The molecular weight excluding hydrogens is 394 g/mol. The molecule has 29 heavy (non-hydrogen) atoms. The lowest BCUT2D eigenvalue weighted by Crippen LogP contribution is -2.05.